The Kier molecular flexibility index (Phi) is 6.46. The van der Waals surface area contributed by atoms with Crippen LogP contribution in [-0.4, -0.2) is 51.9 Å². The van der Waals surface area contributed by atoms with Crippen LogP contribution in [-0.2, 0) is 10.0 Å². The highest BCUT2D eigenvalue weighted by Crippen LogP contribution is 2.23. The lowest BCUT2D eigenvalue weighted by Gasteiger charge is -2.20. The molecule has 0 atom stereocenters. The number of carbonyl (C=O) groups is 1. The Bertz CT molecular complexity index is 1220. The molecule has 164 valence electrons. The molecule has 0 aliphatic carbocycles. The number of benzene rings is 2. The first-order valence-electron chi connectivity index (χ1n) is 9.66. The zero-order valence-electron chi connectivity index (χ0n) is 17.6. The Morgan fingerprint density at radius 1 is 1.13 bits per heavy atom. The Balaban J connectivity index is 1.94. The molecule has 11 heteroatoms. The maximum absolute atomic E-state index is 14.3. The molecule has 0 saturated heterocycles. The Morgan fingerprint density at radius 2 is 1.84 bits per heavy atom. The van der Waals surface area contributed by atoms with Gasteiger partial charge >= 0.3 is 0 Å². The van der Waals surface area contributed by atoms with Crippen molar-refractivity contribution in [3.8, 4) is 5.69 Å². The second-order valence-corrected chi connectivity index (χ2v) is 8.73. The highest BCUT2D eigenvalue weighted by Gasteiger charge is 2.25. The Morgan fingerprint density at radius 3 is 2.45 bits per heavy atom. The van der Waals surface area contributed by atoms with E-state index in [0.717, 1.165) is 0 Å². The van der Waals surface area contributed by atoms with Crippen molar-refractivity contribution < 1.29 is 17.6 Å². The normalized spacial score (nSPS) is 11.7. The zero-order chi connectivity index (χ0) is 22.8. The van der Waals surface area contributed by atoms with Crippen molar-refractivity contribution in [3.63, 3.8) is 0 Å². The van der Waals surface area contributed by atoms with Gasteiger partial charge in [0.2, 0.25) is 10.0 Å². The minimum atomic E-state index is -3.76. The van der Waals surface area contributed by atoms with Crippen molar-refractivity contribution in [1.29, 1.82) is 0 Å². The zero-order valence-corrected chi connectivity index (χ0v) is 18.4. The molecule has 0 bridgehead atoms. The van der Waals surface area contributed by atoms with Gasteiger partial charge in [-0.2, -0.15) is 8.99 Å². The molecule has 3 aromatic rings. The molecule has 1 amide bonds. The van der Waals surface area contributed by atoms with E-state index in [-0.39, 0.29) is 16.1 Å². The number of aryl methyl sites for hydroxylation is 2. The van der Waals surface area contributed by atoms with Crippen molar-refractivity contribution >= 4 is 21.6 Å². The van der Waals surface area contributed by atoms with Gasteiger partial charge in [0.1, 0.15) is 5.82 Å². The summed E-state index contributed by atoms with van der Waals surface area (Å²) in [6, 6.07) is 8.44. The van der Waals surface area contributed by atoms with Gasteiger partial charge in [0.15, 0.2) is 5.82 Å². The molecule has 0 unspecified atom stereocenters. The maximum Gasteiger partial charge on any atom is 0.255 e. The average molecular weight is 447 g/mol. The van der Waals surface area contributed by atoms with Gasteiger partial charge in [-0.25, -0.2) is 12.8 Å². The number of hydrogen-bond acceptors (Lipinski definition) is 6. The fourth-order valence-electron chi connectivity index (χ4n) is 3.13. The van der Waals surface area contributed by atoms with Gasteiger partial charge in [0.05, 0.1) is 16.3 Å². The van der Waals surface area contributed by atoms with Gasteiger partial charge in [0, 0.05) is 18.7 Å². The van der Waals surface area contributed by atoms with Crippen LogP contribution in [0.3, 0.4) is 0 Å². The fourth-order valence-corrected chi connectivity index (χ4v) is 4.84. The molecule has 0 spiro atoms. The molecule has 9 nitrogen and oxygen atoms in total. The molecule has 1 aromatic heterocycles. The number of amides is 1. The van der Waals surface area contributed by atoms with Crippen LogP contribution >= 0.6 is 0 Å². The van der Waals surface area contributed by atoms with Crippen molar-refractivity contribution in [3.05, 3.63) is 59.2 Å². The molecule has 0 fully saturated rings. The first-order valence-corrected chi connectivity index (χ1v) is 11.1. The van der Waals surface area contributed by atoms with Crippen LogP contribution in [0.4, 0.5) is 10.1 Å². The maximum atomic E-state index is 14.3. The Labute approximate surface area is 179 Å². The molecule has 1 N–H and O–H groups in total. The molecular weight excluding hydrogens is 423 g/mol. The number of nitrogens with one attached hydrogen (secondary N) is 1. The molecule has 0 aliphatic heterocycles. The quantitative estimate of drug-likeness (QED) is 0.598. The van der Waals surface area contributed by atoms with Crippen LogP contribution in [0.1, 0.15) is 35.6 Å². The molecule has 1 heterocycles. The summed E-state index contributed by atoms with van der Waals surface area (Å²) in [6.07, 6.45) is 0. The van der Waals surface area contributed by atoms with Crippen molar-refractivity contribution in [2.45, 2.75) is 32.6 Å². The van der Waals surface area contributed by atoms with Gasteiger partial charge in [-0.1, -0.05) is 19.9 Å². The number of tetrazole rings is 1. The molecule has 3 rings (SSSR count). The molecule has 0 aliphatic rings. The van der Waals surface area contributed by atoms with Gasteiger partial charge in [-0.05, 0) is 60.2 Å². The molecule has 2 aromatic carbocycles. The number of sulfonamides is 1. The van der Waals surface area contributed by atoms with Crippen LogP contribution in [0.25, 0.3) is 5.69 Å². The number of halogens is 1. The Hall–Kier alpha value is -3.18. The monoisotopic (exact) mass is 446 g/mol. The van der Waals surface area contributed by atoms with Crippen molar-refractivity contribution in [2.24, 2.45) is 0 Å². The van der Waals surface area contributed by atoms with Gasteiger partial charge in [0.25, 0.3) is 5.91 Å². The molecule has 0 radical (unpaired) electrons. The van der Waals surface area contributed by atoms with Crippen LogP contribution in [0.15, 0.2) is 41.3 Å². The molecule has 0 saturated carbocycles. The lowest BCUT2D eigenvalue weighted by Crippen LogP contribution is -2.31. The summed E-state index contributed by atoms with van der Waals surface area (Å²) >= 11 is 0. The van der Waals surface area contributed by atoms with E-state index in [2.05, 4.69) is 20.8 Å². The summed E-state index contributed by atoms with van der Waals surface area (Å²) in [6.45, 7) is 7.46. The van der Waals surface area contributed by atoms with Gasteiger partial charge in [-0.15, -0.1) is 5.10 Å². The van der Waals surface area contributed by atoms with Crippen LogP contribution < -0.4 is 5.32 Å². The van der Waals surface area contributed by atoms with E-state index in [9.17, 15) is 17.6 Å². The van der Waals surface area contributed by atoms with E-state index in [0.29, 0.717) is 30.2 Å². The number of hydrogen-bond donors (Lipinski definition) is 1. The summed E-state index contributed by atoms with van der Waals surface area (Å²) in [7, 11) is -3.76. The van der Waals surface area contributed by atoms with Crippen molar-refractivity contribution in [2.75, 3.05) is 18.4 Å². The third-order valence-corrected chi connectivity index (χ3v) is 7.03. The lowest BCUT2D eigenvalue weighted by molar-refractivity contribution is 0.102. The van der Waals surface area contributed by atoms with Gasteiger partial charge < -0.3 is 5.32 Å². The summed E-state index contributed by atoms with van der Waals surface area (Å²) in [4.78, 5) is 12.8. The summed E-state index contributed by atoms with van der Waals surface area (Å²) in [5.41, 5.74) is 1.00. The van der Waals surface area contributed by atoms with E-state index >= 15 is 0 Å². The standard InChI is InChI=1S/C20H23FN6O3S/c1-5-26(6-2)31(29,30)19-11-15(8-7-13(19)3)20(28)22-18-12-16(9-10-17(18)21)27-14(4)23-24-25-27/h7-12H,5-6H2,1-4H3,(H,22,28). The smallest absolute Gasteiger partial charge is 0.255 e. The summed E-state index contributed by atoms with van der Waals surface area (Å²) < 4.78 is 42.9. The summed E-state index contributed by atoms with van der Waals surface area (Å²) in [5, 5.41) is 13.7. The van der Waals surface area contributed by atoms with Crippen LogP contribution in [0.2, 0.25) is 0 Å². The lowest BCUT2D eigenvalue weighted by atomic mass is 10.1. The van der Waals surface area contributed by atoms with E-state index in [4.69, 9.17) is 0 Å². The highest BCUT2D eigenvalue weighted by atomic mass is 32.2. The second kappa shape index (κ2) is 8.90. The SMILES string of the molecule is CCN(CC)S(=O)(=O)c1cc(C(=O)Nc2cc(-n3nnnc3C)ccc2F)ccc1C. The predicted octanol–water partition coefficient (Wildman–Crippen LogP) is 2.70. The first-order chi connectivity index (χ1) is 14.7. The molecule has 31 heavy (non-hydrogen) atoms. The van der Waals surface area contributed by atoms with Crippen LogP contribution in [0.5, 0.6) is 0 Å². The minimum Gasteiger partial charge on any atom is -0.319 e. The van der Waals surface area contributed by atoms with E-state index < -0.39 is 21.7 Å². The number of rotatable bonds is 7. The highest BCUT2D eigenvalue weighted by molar-refractivity contribution is 7.89. The molecular formula is C20H23FN6O3S. The van der Waals surface area contributed by atoms with Crippen LogP contribution in [0, 0.1) is 19.7 Å². The van der Waals surface area contributed by atoms with E-state index in [1.165, 1.54) is 39.3 Å². The topological polar surface area (TPSA) is 110 Å². The van der Waals surface area contributed by atoms with E-state index in [1.807, 2.05) is 0 Å². The average Bonchev–Trinajstić information content (AvgIpc) is 3.16. The van der Waals surface area contributed by atoms with E-state index in [1.54, 1.807) is 33.8 Å². The predicted molar refractivity (Wildman–Crippen MR) is 113 cm³/mol. The number of nitrogens with zero attached hydrogens (tertiary/aromatic N) is 5. The number of aromatic nitrogens is 4. The van der Waals surface area contributed by atoms with Crippen molar-refractivity contribution in [1.82, 2.24) is 24.5 Å². The number of anilines is 1. The summed E-state index contributed by atoms with van der Waals surface area (Å²) in [5.74, 6) is -0.792. The second-order valence-electron chi connectivity index (χ2n) is 6.83. The fraction of sp³-hybridized carbons (Fsp3) is 0.300. The van der Waals surface area contributed by atoms with Gasteiger partial charge in [-0.3, -0.25) is 4.79 Å². The first kappa shape index (κ1) is 22.5. The number of carbonyl (C=O) groups excluding carboxylic acids is 1. The third-order valence-electron chi connectivity index (χ3n) is 4.84. The minimum absolute atomic E-state index is 0.0439. The third kappa shape index (κ3) is 4.47. The largest absolute Gasteiger partial charge is 0.319 e.